The van der Waals surface area contributed by atoms with Crippen molar-refractivity contribution in [1.29, 1.82) is 0 Å². The van der Waals surface area contributed by atoms with Crippen LogP contribution in [0.15, 0.2) is 35.3 Å². The van der Waals surface area contributed by atoms with Crippen LogP contribution in [0.1, 0.15) is 5.56 Å². The van der Waals surface area contributed by atoms with E-state index in [-0.39, 0.29) is 22.7 Å². The molecule has 0 saturated carbocycles. The minimum Gasteiger partial charge on any atom is -0.508 e. The minimum atomic E-state index is -5.01. The lowest BCUT2D eigenvalue weighted by molar-refractivity contribution is 0.371. The van der Waals surface area contributed by atoms with Gasteiger partial charge in [0.15, 0.2) is 17.1 Å². The van der Waals surface area contributed by atoms with Gasteiger partial charge in [-0.3, -0.25) is 4.55 Å². The smallest absolute Gasteiger partial charge is 0.446 e. The molecule has 0 fully saturated rings. The Morgan fingerprint density at radius 3 is 2.60 bits per heavy atom. The number of aromatic hydroxyl groups is 1. The van der Waals surface area contributed by atoms with Crippen LogP contribution in [0.5, 0.6) is 11.5 Å². The Morgan fingerprint density at radius 1 is 1.24 bits per heavy atom. The molecular formula is C15H9F2NO6S. The van der Waals surface area contributed by atoms with E-state index in [1.807, 2.05) is 0 Å². The van der Waals surface area contributed by atoms with Gasteiger partial charge < -0.3 is 13.7 Å². The van der Waals surface area contributed by atoms with Gasteiger partial charge in [0.2, 0.25) is 11.7 Å². The third-order valence-corrected chi connectivity index (χ3v) is 3.59. The number of aromatic nitrogens is 1. The molecule has 0 unspecified atom stereocenters. The maximum atomic E-state index is 14.2. The van der Waals surface area contributed by atoms with Crippen molar-refractivity contribution in [3.8, 4) is 23.0 Å². The predicted octanol–water partition coefficient (Wildman–Crippen LogP) is 3.30. The van der Waals surface area contributed by atoms with E-state index < -0.39 is 33.3 Å². The predicted molar refractivity (Wildman–Crippen MR) is 83.3 cm³/mol. The molecule has 1 heterocycles. The van der Waals surface area contributed by atoms with Gasteiger partial charge in [0.05, 0.1) is 5.56 Å². The van der Waals surface area contributed by atoms with Crippen LogP contribution in [0.2, 0.25) is 0 Å². The first-order valence-corrected chi connectivity index (χ1v) is 7.97. The molecule has 0 saturated heterocycles. The van der Waals surface area contributed by atoms with Gasteiger partial charge in [0.1, 0.15) is 11.3 Å². The molecule has 0 spiro atoms. The molecule has 0 aliphatic heterocycles. The molecule has 0 radical (unpaired) electrons. The first-order valence-electron chi connectivity index (χ1n) is 6.61. The molecule has 2 aromatic carbocycles. The first-order chi connectivity index (χ1) is 11.7. The summed E-state index contributed by atoms with van der Waals surface area (Å²) in [4.78, 5) is 3.97. The topological polar surface area (TPSA) is 110 Å². The molecule has 0 bridgehead atoms. The van der Waals surface area contributed by atoms with Gasteiger partial charge >= 0.3 is 10.4 Å². The van der Waals surface area contributed by atoms with Crippen LogP contribution in [-0.4, -0.2) is 23.1 Å². The number of phenolic OH excluding ortho intramolecular Hbond substituents is 1. The summed E-state index contributed by atoms with van der Waals surface area (Å²) >= 11 is 0. The Bertz CT molecular complexity index is 1110. The standard InChI is InChI=1S/C15H9F2NO6S/c1-2-7-5-8(19)6-10-14(7)23-15(18-10)9-3-4-11(13(17)12(9)16)24-25(20,21)22/h2-6,19H,1H2,(H,20,21,22). The van der Waals surface area contributed by atoms with Crippen LogP contribution in [0.3, 0.4) is 0 Å². The lowest BCUT2D eigenvalue weighted by Crippen LogP contribution is -2.08. The number of hydrogen-bond acceptors (Lipinski definition) is 6. The highest BCUT2D eigenvalue weighted by Crippen LogP contribution is 2.34. The Morgan fingerprint density at radius 2 is 1.96 bits per heavy atom. The van der Waals surface area contributed by atoms with Gasteiger partial charge in [-0.05, 0) is 18.2 Å². The summed E-state index contributed by atoms with van der Waals surface area (Å²) in [6.07, 6.45) is 1.39. The molecule has 2 N–H and O–H groups in total. The second kappa shape index (κ2) is 5.83. The average Bonchev–Trinajstić information content (AvgIpc) is 2.93. The van der Waals surface area contributed by atoms with E-state index in [4.69, 9.17) is 8.97 Å². The molecule has 1 aromatic heterocycles. The molecule has 0 atom stereocenters. The highest BCUT2D eigenvalue weighted by atomic mass is 32.3. The number of halogens is 2. The summed E-state index contributed by atoms with van der Waals surface area (Å²) in [6, 6.07) is 4.38. The van der Waals surface area contributed by atoms with Crippen LogP contribution < -0.4 is 4.18 Å². The van der Waals surface area contributed by atoms with E-state index >= 15 is 0 Å². The van der Waals surface area contributed by atoms with Crippen molar-refractivity contribution in [3.05, 3.63) is 48.0 Å². The number of hydrogen-bond donors (Lipinski definition) is 2. The summed E-state index contributed by atoms with van der Waals surface area (Å²) in [5.41, 5.74) is 0.357. The maximum Gasteiger partial charge on any atom is 0.446 e. The maximum absolute atomic E-state index is 14.2. The third-order valence-electron chi connectivity index (χ3n) is 3.20. The quantitative estimate of drug-likeness (QED) is 0.679. The van der Waals surface area contributed by atoms with Crippen LogP contribution >= 0.6 is 0 Å². The minimum absolute atomic E-state index is 0.120. The second-order valence-electron chi connectivity index (χ2n) is 4.86. The van der Waals surface area contributed by atoms with Crippen molar-refractivity contribution in [2.24, 2.45) is 0 Å². The zero-order valence-electron chi connectivity index (χ0n) is 12.2. The lowest BCUT2D eigenvalue weighted by Gasteiger charge is -2.05. The highest BCUT2D eigenvalue weighted by molar-refractivity contribution is 7.81. The molecule has 0 aliphatic rings. The Labute approximate surface area is 139 Å². The summed E-state index contributed by atoms with van der Waals surface area (Å²) in [7, 11) is -5.01. The largest absolute Gasteiger partial charge is 0.508 e. The molecule has 3 aromatic rings. The fourth-order valence-electron chi connectivity index (χ4n) is 2.18. The summed E-state index contributed by atoms with van der Waals surface area (Å²) in [6.45, 7) is 3.55. The number of phenols is 1. The van der Waals surface area contributed by atoms with Crippen molar-refractivity contribution in [1.82, 2.24) is 4.98 Å². The van der Waals surface area contributed by atoms with E-state index in [1.54, 1.807) is 0 Å². The van der Waals surface area contributed by atoms with Crippen LogP contribution in [0.4, 0.5) is 8.78 Å². The van der Waals surface area contributed by atoms with Gasteiger partial charge in [0, 0.05) is 11.6 Å². The van der Waals surface area contributed by atoms with Crippen molar-refractivity contribution < 1.29 is 35.5 Å². The third kappa shape index (κ3) is 3.16. The van der Waals surface area contributed by atoms with E-state index in [2.05, 4.69) is 15.7 Å². The van der Waals surface area contributed by atoms with Crippen LogP contribution in [0, 0.1) is 11.6 Å². The summed E-state index contributed by atoms with van der Waals surface area (Å²) < 4.78 is 67.3. The fraction of sp³-hybridized carbons (Fsp3) is 0. The van der Waals surface area contributed by atoms with Crippen molar-refractivity contribution in [2.45, 2.75) is 0 Å². The lowest BCUT2D eigenvalue weighted by atomic mass is 10.2. The SMILES string of the molecule is C=Cc1cc(O)cc2nc(-c3ccc(OS(=O)(=O)O)c(F)c3F)oc12. The van der Waals surface area contributed by atoms with Gasteiger partial charge in [-0.1, -0.05) is 12.7 Å². The van der Waals surface area contributed by atoms with E-state index in [9.17, 15) is 22.3 Å². The van der Waals surface area contributed by atoms with Crippen molar-refractivity contribution >= 4 is 27.6 Å². The Balaban J connectivity index is 2.15. The number of nitrogens with zero attached hydrogens (tertiary/aromatic N) is 1. The molecule has 3 rings (SSSR count). The number of fused-ring (bicyclic) bond motifs is 1. The van der Waals surface area contributed by atoms with Crippen LogP contribution in [-0.2, 0) is 10.4 Å². The zero-order valence-corrected chi connectivity index (χ0v) is 13.0. The monoisotopic (exact) mass is 369 g/mol. The summed E-state index contributed by atoms with van der Waals surface area (Å²) in [5.74, 6) is -4.59. The first kappa shape index (κ1) is 16.9. The Hall–Kier alpha value is -2.98. The van der Waals surface area contributed by atoms with Gasteiger partial charge in [0.25, 0.3) is 0 Å². The zero-order chi connectivity index (χ0) is 18.4. The highest BCUT2D eigenvalue weighted by Gasteiger charge is 2.22. The Kier molecular flexibility index (Phi) is 3.93. The number of oxazole rings is 1. The fourth-order valence-corrected chi connectivity index (χ4v) is 2.54. The van der Waals surface area contributed by atoms with Crippen molar-refractivity contribution in [2.75, 3.05) is 0 Å². The number of benzene rings is 2. The normalized spacial score (nSPS) is 11.6. The van der Waals surface area contributed by atoms with Crippen LogP contribution in [0.25, 0.3) is 28.6 Å². The number of rotatable bonds is 4. The average molecular weight is 369 g/mol. The van der Waals surface area contributed by atoms with Gasteiger partial charge in [-0.15, -0.1) is 0 Å². The molecule has 0 aliphatic carbocycles. The summed E-state index contributed by atoms with van der Waals surface area (Å²) in [5, 5.41) is 9.60. The molecule has 0 amide bonds. The molecule has 10 heteroatoms. The van der Waals surface area contributed by atoms with E-state index in [0.717, 1.165) is 12.1 Å². The van der Waals surface area contributed by atoms with Gasteiger partial charge in [-0.2, -0.15) is 12.8 Å². The molecule has 25 heavy (non-hydrogen) atoms. The van der Waals surface area contributed by atoms with Crippen molar-refractivity contribution in [3.63, 3.8) is 0 Å². The van der Waals surface area contributed by atoms with E-state index in [0.29, 0.717) is 5.56 Å². The van der Waals surface area contributed by atoms with E-state index in [1.165, 1.54) is 18.2 Å². The van der Waals surface area contributed by atoms with Gasteiger partial charge in [-0.25, -0.2) is 9.37 Å². The molecule has 130 valence electrons. The second-order valence-corrected chi connectivity index (χ2v) is 5.88. The molecule has 7 nitrogen and oxygen atoms in total. The molecular weight excluding hydrogens is 360 g/mol.